The fourth-order valence-electron chi connectivity index (χ4n) is 3.57. The van der Waals surface area contributed by atoms with Gasteiger partial charge in [-0.2, -0.15) is 4.98 Å². The van der Waals surface area contributed by atoms with Crippen molar-refractivity contribution in [2.24, 2.45) is 0 Å². The second-order valence-electron chi connectivity index (χ2n) is 7.00. The maximum Gasteiger partial charge on any atom is 0.337 e. The second-order valence-corrected chi connectivity index (χ2v) is 7.00. The lowest BCUT2D eigenvalue weighted by Crippen LogP contribution is -2.46. The number of carbonyl (C=O) groups is 1. The van der Waals surface area contributed by atoms with Crippen molar-refractivity contribution in [1.82, 2.24) is 14.9 Å². The van der Waals surface area contributed by atoms with E-state index in [1.165, 1.54) is 7.11 Å². The van der Waals surface area contributed by atoms with Crippen LogP contribution in [0.15, 0.2) is 48.5 Å². The van der Waals surface area contributed by atoms with E-state index in [4.69, 9.17) is 9.72 Å². The lowest BCUT2D eigenvalue weighted by atomic mass is 10.2. The largest absolute Gasteiger partial charge is 0.465 e. The minimum absolute atomic E-state index is 0.355. The van der Waals surface area contributed by atoms with E-state index in [0.29, 0.717) is 11.5 Å². The number of para-hydroxylation sites is 1. The van der Waals surface area contributed by atoms with Crippen LogP contribution in [0.25, 0.3) is 10.9 Å². The third kappa shape index (κ3) is 4.14. The van der Waals surface area contributed by atoms with Crippen LogP contribution in [-0.4, -0.2) is 60.7 Å². The maximum atomic E-state index is 11.6. The third-order valence-corrected chi connectivity index (χ3v) is 5.26. The SMILES string of the molecule is CCN1CCN(c2nc(Nc3ccc(C(=O)OC)cc3)nc3ccccc23)CC1. The van der Waals surface area contributed by atoms with Crippen LogP contribution in [0.1, 0.15) is 17.3 Å². The maximum absolute atomic E-state index is 11.6. The fourth-order valence-corrected chi connectivity index (χ4v) is 3.57. The van der Waals surface area contributed by atoms with E-state index in [0.717, 1.165) is 55.1 Å². The molecule has 0 amide bonds. The Kier molecular flexibility index (Phi) is 5.57. The van der Waals surface area contributed by atoms with Crippen molar-refractivity contribution < 1.29 is 9.53 Å². The van der Waals surface area contributed by atoms with E-state index in [1.54, 1.807) is 12.1 Å². The highest BCUT2D eigenvalue weighted by atomic mass is 16.5. The molecule has 0 spiro atoms. The van der Waals surface area contributed by atoms with Gasteiger partial charge in [0.2, 0.25) is 5.95 Å². The Balaban J connectivity index is 1.62. The van der Waals surface area contributed by atoms with Crippen LogP contribution < -0.4 is 10.2 Å². The number of rotatable bonds is 5. The smallest absolute Gasteiger partial charge is 0.337 e. The van der Waals surface area contributed by atoms with Crippen molar-refractivity contribution in [3.63, 3.8) is 0 Å². The lowest BCUT2D eigenvalue weighted by Gasteiger charge is -2.35. The summed E-state index contributed by atoms with van der Waals surface area (Å²) in [5.41, 5.74) is 2.23. The number of methoxy groups -OCH3 is 1. The summed E-state index contributed by atoms with van der Waals surface area (Å²) >= 11 is 0. The summed E-state index contributed by atoms with van der Waals surface area (Å²) in [7, 11) is 1.37. The predicted octanol–water partition coefficient (Wildman–Crippen LogP) is 3.30. The topological polar surface area (TPSA) is 70.6 Å². The molecule has 1 aliphatic rings. The molecule has 0 radical (unpaired) electrons. The quantitative estimate of drug-likeness (QED) is 0.669. The van der Waals surface area contributed by atoms with Gasteiger partial charge in [-0.3, -0.25) is 0 Å². The number of hydrogen-bond acceptors (Lipinski definition) is 7. The zero-order valence-electron chi connectivity index (χ0n) is 16.8. The van der Waals surface area contributed by atoms with E-state index in [2.05, 4.69) is 33.1 Å². The highest BCUT2D eigenvalue weighted by Crippen LogP contribution is 2.27. The zero-order valence-corrected chi connectivity index (χ0v) is 16.8. The van der Waals surface area contributed by atoms with E-state index < -0.39 is 0 Å². The molecule has 7 heteroatoms. The molecule has 2 heterocycles. The van der Waals surface area contributed by atoms with Gasteiger partial charge in [-0.1, -0.05) is 19.1 Å². The normalized spacial score (nSPS) is 14.8. The summed E-state index contributed by atoms with van der Waals surface area (Å²) in [6.07, 6.45) is 0. The summed E-state index contributed by atoms with van der Waals surface area (Å²) in [5, 5.41) is 4.33. The number of anilines is 3. The van der Waals surface area contributed by atoms with Crippen molar-refractivity contribution >= 4 is 34.3 Å². The summed E-state index contributed by atoms with van der Waals surface area (Å²) in [4.78, 5) is 25.9. The number of likely N-dealkylation sites (N-methyl/N-ethyl adjacent to an activating group) is 1. The van der Waals surface area contributed by atoms with Crippen LogP contribution in [0, 0.1) is 0 Å². The molecule has 1 saturated heterocycles. The first-order valence-corrected chi connectivity index (χ1v) is 9.87. The average Bonchev–Trinajstić information content (AvgIpc) is 2.78. The van der Waals surface area contributed by atoms with E-state index >= 15 is 0 Å². The van der Waals surface area contributed by atoms with Crippen LogP contribution in [0.4, 0.5) is 17.5 Å². The molecule has 0 aliphatic carbocycles. The van der Waals surface area contributed by atoms with Gasteiger partial charge in [0.15, 0.2) is 0 Å². The molecular formula is C22H25N5O2. The molecule has 1 aliphatic heterocycles. The van der Waals surface area contributed by atoms with Crippen molar-refractivity contribution in [2.45, 2.75) is 6.92 Å². The monoisotopic (exact) mass is 391 g/mol. The zero-order chi connectivity index (χ0) is 20.2. The first-order chi connectivity index (χ1) is 14.2. The van der Waals surface area contributed by atoms with Crippen molar-refractivity contribution in [1.29, 1.82) is 0 Å². The number of piperazine rings is 1. The van der Waals surface area contributed by atoms with Crippen LogP contribution in [0.3, 0.4) is 0 Å². The fraction of sp³-hybridized carbons (Fsp3) is 0.318. The highest BCUT2D eigenvalue weighted by Gasteiger charge is 2.20. The van der Waals surface area contributed by atoms with Gasteiger partial charge in [0.05, 0.1) is 18.2 Å². The van der Waals surface area contributed by atoms with E-state index in [1.807, 2.05) is 30.3 Å². The Bertz CT molecular complexity index is 998. The van der Waals surface area contributed by atoms with Crippen LogP contribution in [-0.2, 0) is 4.74 Å². The number of carbonyl (C=O) groups excluding carboxylic acids is 1. The van der Waals surface area contributed by atoms with Gasteiger partial charge in [0.25, 0.3) is 0 Å². The number of hydrogen-bond donors (Lipinski definition) is 1. The molecule has 4 rings (SSSR count). The van der Waals surface area contributed by atoms with Crippen LogP contribution >= 0.6 is 0 Å². The molecule has 1 N–H and O–H groups in total. The Labute approximate surface area is 170 Å². The molecule has 0 bridgehead atoms. The van der Waals surface area contributed by atoms with Gasteiger partial charge in [-0.15, -0.1) is 0 Å². The standard InChI is InChI=1S/C22H25N5O2/c1-3-26-12-14-27(15-13-26)20-18-6-4-5-7-19(18)24-22(25-20)23-17-10-8-16(9-11-17)21(28)29-2/h4-11H,3,12-15H2,1-2H3,(H,23,24,25). The first kappa shape index (κ1) is 19.1. The molecule has 0 saturated carbocycles. The summed E-state index contributed by atoms with van der Waals surface area (Å²) < 4.78 is 4.75. The molecule has 3 aromatic rings. The van der Waals surface area contributed by atoms with Gasteiger partial charge >= 0.3 is 5.97 Å². The minimum Gasteiger partial charge on any atom is -0.465 e. The predicted molar refractivity (Wildman–Crippen MR) is 115 cm³/mol. The van der Waals surface area contributed by atoms with Gasteiger partial charge in [-0.05, 0) is 42.9 Å². The number of benzene rings is 2. The molecular weight excluding hydrogens is 366 g/mol. The minimum atomic E-state index is -0.355. The molecule has 150 valence electrons. The van der Waals surface area contributed by atoms with E-state index in [-0.39, 0.29) is 5.97 Å². The number of esters is 1. The second kappa shape index (κ2) is 8.45. The lowest BCUT2D eigenvalue weighted by molar-refractivity contribution is 0.0601. The molecule has 2 aromatic carbocycles. The van der Waals surface area contributed by atoms with Gasteiger partial charge in [0.1, 0.15) is 5.82 Å². The van der Waals surface area contributed by atoms with Gasteiger partial charge in [0, 0.05) is 37.3 Å². The summed E-state index contributed by atoms with van der Waals surface area (Å²) in [6, 6.07) is 15.2. The third-order valence-electron chi connectivity index (χ3n) is 5.26. The molecule has 7 nitrogen and oxygen atoms in total. The van der Waals surface area contributed by atoms with Crippen molar-refractivity contribution in [3.05, 3.63) is 54.1 Å². The van der Waals surface area contributed by atoms with Gasteiger partial charge < -0.3 is 19.9 Å². The van der Waals surface area contributed by atoms with Crippen LogP contribution in [0.2, 0.25) is 0 Å². The number of fused-ring (bicyclic) bond motifs is 1. The Morgan fingerprint density at radius 3 is 2.45 bits per heavy atom. The van der Waals surface area contributed by atoms with E-state index in [9.17, 15) is 4.79 Å². The Morgan fingerprint density at radius 2 is 1.76 bits per heavy atom. The molecule has 0 atom stereocenters. The van der Waals surface area contributed by atoms with Crippen molar-refractivity contribution in [3.8, 4) is 0 Å². The molecule has 1 aromatic heterocycles. The first-order valence-electron chi connectivity index (χ1n) is 9.87. The van der Waals surface area contributed by atoms with Crippen molar-refractivity contribution in [2.75, 3.05) is 50.1 Å². The number of ether oxygens (including phenoxy) is 1. The highest BCUT2D eigenvalue weighted by molar-refractivity contribution is 5.91. The number of aromatic nitrogens is 2. The summed E-state index contributed by atoms with van der Waals surface area (Å²) in [5.74, 6) is 1.15. The Morgan fingerprint density at radius 1 is 1.03 bits per heavy atom. The Hall–Kier alpha value is -3.19. The summed E-state index contributed by atoms with van der Waals surface area (Å²) in [6.45, 7) is 7.24. The molecule has 1 fully saturated rings. The number of nitrogens with zero attached hydrogens (tertiary/aromatic N) is 4. The number of nitrogens with one attached hydrogen (secondary N) is 1. The molecule has 29 heavy (non-hydrogen) atoms. The van der Waals surface area contributed by atoms with Gasteiger partial charge in [-0.25, -0.2) is 9.78 Å². The average molecular weight is 391 g/mol. The van der Waals surface area contributed by atoms with Crippen LogP contribution in [0.5, 0.6) is 0 Å². The molecule has 0 unspecified atom stereocenters.